The fourth-order valence-corrected chi connectivity index (χ4v) is 1.19. The Morgan fingerprint density at radius 3 is 3.15 bits per heavy atom. The number of allylic oxidation sites excluding steroid dienone is 2. The molecule has 0 radical (unpaired) electrons. The highest BCUT2D eigenvalue weighted by atomic mass is 16.4. The molecular weight excluding hydrogens is 168 g/mol. The number of hydrogen-bond donors (Lipinski definition) is 1. The first-order valence-electron chi connectivity index (χ1n) is 3.89. The summed E-state index contributed by atoms with van der Waals surface area (Å²) in [7, 11) is 0. The van der Waals surface area contributed by atoms with Crippen molar-refractivity contribution in [1.29, 1.82) is 0 Å². The van der Waals surface area contributed by atoms with Crippen LogP contribution in [0.1, 0.15) is 0 Å². The molecule has 2 aliphatic rings. The average Bonchev–Trinajstić information content (AvgIpc) is 2.17. The molecule has 2 aliphatic heterocycles. The van der Waals surface area contributed by atoms with Gasteiger partial charge in [-0.25, -0.2) is 4.79 Å². The highest BCUT2D eigenvalue weighted by Crippen LogP contribution is 2.12. The van der Waals surface area contributed by atoms with Gasteiger partial charge in [0.15, 0.2) is 0 Å². The van der Waals surface area contributed by atoms with Crippen LogP contribution in [-0.2, 0) is 4.79 Å². The maximum atomic E-state index is 10.6. The second kappa shape index (κ2) is 2.90. The highest BCUT2D eigenvalue weighted by molar-refractivity contribution is 5.99. The first kappa shape index (κ1) is 7.79. The topological polar surface area (TPSA) is 52.9 Å². The van der Waals surface area contributed by atoms with Crippen LogP contribution in [0.15, 0.2) is 41.2 Å². The number of carboxylic acid groups (broad SMARTS) is 1. The Morgan fingerprint density at radius 1 is 1.54 bits per heavy atom. The molecule has 0 aromatic rings. The van der Waals surface area contributed by atoms with Gasteiger partial charge in [-0.05, 0) is 12.2 Å². The minimum atomic E-state index is -0.911. The summed E-state index contributed by atoms with van der Waals surface area (Å²) >= 11 is 0. The van der Waals surface area contributed by atoms with Gasteiger partial charge in [0.2, 0.25) is 0 Å². The van der Waals surface area contributed by atoms with E-state index in [-0.39, 0.29) is 6.54 Å². The Labute approximate surface area is 75.2 Å². The van der Waals surface area contributed by atoms with Gasteiger partial charge in [0.25, 0.3) is 0 Å². The van der Waals surface area contributed by atoms with Gasteiger partial charge in [-0.3, -0.25) is 4.99 Å². The lowest BCUT2D eigenvalue weighted by molar-refractivity contribution is -0.132. The fraction of sp³-hybridized carbons (Fsp3) is 0.111. The second-order valence-electron chi connectivity index (χ2n) is 2.74. The summed E-state index contributed by atoms with van der Waals surface area (Å²) in [6.45, 7) is 0.249. The van der Waals surface area contributed by atoms with E-state index in [9.17, 15) is 4.79 Å². The predicted molar refractivity (Wildman–Crippen MR) is 48.1 cm³/mol. The minimum Gasteiger partial charge on any atom is -0.478 e. The molecule has 0 aliphatic carbocycles. The molecule has 0 amide bonds. The summed E-state index contributed by atoms with van der Waals surface area (Å²) in [5.41, 5.74) is 0.309. The Balaban J connectivity index is 2.27. The lowest BCUT2D eigenvalue weighted by Crippen LogP contribution is -2.26. The van der Waals surface area contributed by atoms with Crippen molar-refractivity contribution in [3.8, 4) is 0 Å². The van der Waals surface area contributed by atoms with Gasteiger partial charge < -0.3 is 10.0 Å². The van der Waals surface area contributed by atoms with E-state index in [1.165, 1.54) is 0 Å². The number of nitrogens with zero attached hydrogens (tertiary/aromatic N) is 2. The normalized spacial score (nSPS) is 19.2. The quantitative estimate of drug-likeness (QED) is 0.641. The monoisotopic (exact) mass is 176 g/mol. The predicted octanol–water partition coefficient (Wildman–Crippen LogP) is 0.753. The third-order valence-corrected chi connectivity index (χ3v) is 1.85. The van der Waals surface area contributed by atoms with Crippen molar-refractivity contribution < 1.29 is 9.90 Å². The molecular formula is C9H8N2O2. The summed E-state index contributed by atoms with van der Waals surface area (Å²) in [6.07, 6.45) is 8.91. The van der Waals surface area contributed by atoms with E-state index in [2.05, 4.69) is 4.99 Å². The second-order valence-corrected chi connectivity index (χ2v) is 2.74. The molecule has 0 aromatic carbocycles. The van der Waals surface area contributed by atoms with E-state index in [0.717, 1.165) is 5.84 Å². The van der Waals surface area contributed by atoms with Crippen LogP contribution in [0, 0.1) is 0 Å². The number of aliphatic carboxylic acids is 1. The van der Waals surface area contributed by atoms with Crippen molar-refractivity contribution >= 4 is 11.8 Å². The van der Waals surface area contributed by atoms with E-state index in [4.69, 9.17) is 5.11 Å². The number of carboxylic acids is 1. The smallest absolute Gasteiger partial charge is 0.334 e. The summed E-state index contributed by atoms with van der Waals surface area (Å²) in [6, 6.07) is 0. The summed E-state index contributed by atoms with van der Waals surface area (Å²) in [5.74, 6) is -0.127. The third kappa shape index (κ3) is 1.38. The molecule has 0 saturated heterocycles. The van der Waals surface area contributed by atoms with Crippen LogP contribution in [0.25, 0.3) is 0 Å². The van der Waals surface area contributed by atoms with Crippen LogP contribution in [0.5, 0.6) is 0 Å². The Kier molecular flexibility index (Phi) is 1.73. The van der Waals surface area contributed by atoms with Crippen LogP contribution < -0.4 is 0 Å². The molecule has 1 N–H and O–H groups in total. The van der Waals surface area contributed by atoms with Crippen molar-refractivity contribution in [3.63, 3.8) is 0 Å². The molecule has 0 fully saturated rings. The number of rotatable bonds is 1. The molecule has 2 rings (SSSR count). The average molecular weight is 176 g/mol. The summed E-state index contributed by atoms with van der Waals surface area (Å²) < 4.78 is 0. The van der Waals surface area contributed by atoms with E-state index < -0.39 is 5.97 Å². The molecule has 0 aromatic heterocycles. The van der Waals surface area contributed by atoms with Gasteiger partial charge >= 0.3 is 5.97 Å². The Hall–Kier alpha value is -1.84. The summed E-state index contributed by atoms with van der Waals surface area (Å²) in [5, 5.41) is 8.72. The zero-order valence-corrected chi connectivity index (χ0v) is 6.84. The number of hydrogen-bond acceptors (Lipinski definition) is 3. The molecule has 0 spiro atoms. The molecule has 0 atom stereocenters. The van der Waals surface area contributed by atoms with Gasteiger partial charge in [-0.1, -0.05) is 6.08 Å². The zero-order chi connectivity index (χ0) is 9.26. The van der Waals surface area contributed by atoms with Crippen LogP contribution in [0.4, 0.5) is 0 Å². The van der Waals surface area contributed by atoms with E-state index in [1.54, 1.807) is 17.3 Å². The van der Waals surface area contributed by atoms with Crippen LogP contribution in [-0.4, -0.2) is 28.4 Å². The summed E-state index contributed by atoms with van der Waals surface area (Å²) in [4.78, 5) is 16.4. The van der Waals surface area contributed by atoms with Gasteiger partial charge in [0.05, 0.1) is 12.1 Å². The molecule has 2 heterocycles. The van der Waals surface area contributed by atoms with Crippen LogP contribution >= 0.6 is 0 Å². The van der Waals surface area contributed by atoms with Crippen LogP contribution in [0.2, 0.25) is 0 Å². The highest BCUT2D eigenvalue weighted by Gasteiger charge is 2.16. The largest absolute Gasteiger partial charge is 0.478 e. The number of amidine groups is 1. The number of carbonyl (C=O) groups is 1. The lowest BCUT2D eigenvalue weighted by Gasteiger charge is -2.22. The molecule has 4 heteroatoms. The van der Waals surface area contributed by atoms with Crippen molar-refractivity contribution in [2.75, 3.05) is 6.54 Å². The molecule has 13 heavy (non-hydrogen) atoms. The Morgan fingerprint density at radius 2 is 2.38 bits per heavy atom. The molecule has 0 bridgehead atoms. The maximum Gasteiger partial charge on any atom is 0.334 e. The van der Waals surface area contributed by atoms with Gasteiger partial charge in [-0.2, -0.15) is 0 Å². The van der Waals surface area contributed by atoms with Crippen molar-refractivity contribution in [2.45, 2.75) is 0 Å². The number of fused-ring (bicyclic) bond motifs is 1. The van der Waals surface area contributed by atoms with E-state index >= 15 is 0 Å². The minimum absolute atomic E-state index is 0.249. The first-order chi connectivity index (χ1) is 6.27. The fourth-order valence-electron chi connectivity index (χ4n) is 1.19. The number of aliphatic imine (C=N–C) groups is 1. The third-order valence-electron chi connectivity index (χ3n) is 1.85. The van der Waals surface area contributed by atoms with Gasteiger partial charge in [-0.15, -0.1) is 0 Å². The van der Waals surface area contributed by atoms with Crippen molar-refractivity contribution in [3.05, 3.63) is 36.2 Å². The Bertz CT molecular complexity index is 364. The molecule has 66 valence electrons. The molecule has 4 nitrogen and oxygen atoms in total. The van der Waals surface area contributed by atoms with Crippen LogP contribution in [0.3, 0.4) is 0 Å². The van der Waals surface area contributed by atoms with Crippen molar-refractivity contribution in [1.82, 2.24) is 4.90 Å². The standard InChI is InChI=1S/C9H8N2O2/c12-9(13)7-5-10-8-3-1-2-4-11(8)6-7/h1-4,6H,5H2,(H,12,13). The van der Waals surface area contributed by atoms with Crippen molar-refractivity contribution in [2.24, 2.45) is 4.99 Å². The van der Waals surface area contributed by atoms with Gasteiger partial charge in [0, 0.05) is 12.4 Å². The first-order valence-corrected chi connectivity index (χ1v) is 3.89. The maximum absolute atomic E-state index is 10.6. The van der Waals surface area contributed by atoms with E-state index in [1.807, 2.05) is 18.2 Å². The van der Waals surface area contributed by atoms with E-state index in [0.29, 0.717) is 5.57 Å². The zero-order valence-electron chi connectivity index (χ0n) is 6.84. The molecule has 0 saturated carbocycles. The molecule has 0 unspecified atom stereocenters. The SMILES string of the molecule is O=C(O)C1=CN2C=CC=CC2=NC1. The van der Waals surface area contributed by atoms with Gasteiger partial charge in [0.1, 0.15) is 5.84 Å². The lowest BCUT2D eigenvalue weighted by atomic mass is 10.2.